The number of fused-ring (bicyclic) bond motifs is 1. The minimum Gasteiger partial charge on any atom is -0.507 e. The van der Waals surface area contributed by atoms with Crippen molar-refractivity contribution < 1.29 is 28.6 Å². The van der Waals surface area contributed by atoms with Crippen LogP contribution in [0.5, 0.6) is 11.5 Å². The predicted molar refractivity (Wildman–Crippen MR) is 111 cm³/mol. The highest BCUT2D eigenvalue weighted by Gasteiger charge is 2.46. The minimum atomic E-state index is -0.899. The van der Waals surface area contributed by atoms with Gasteiger partial charge in [-0.2, -0.15) is 0 Å². The summed E-state index contributed by atoms with van der Waals surface area (Å²) >= 11 is 0. The van der Waals surface area contributed by atoms with Gasteiger partial charge in [0.05, 0.1) is 11.6 Å². The highest BCUT2D eigenvalue weighted by molar-refractivity contribution is 6.46. The van der Waals surface area contributed by atoms with E-state index in [-0.39, 0.29) is 17.9 Å². The second-order valence-corrected chi connectivity index (χ2v) is 7.71. The van der Waals surface area contributed by atoms with Gasteiger partial charge in [0.2, 0.25) is 0 Å². The molecule has 1 saturated heterocycles. The molecule has 0 spiro atoms. The summed E-state index contributed by atoms with van der Waals surface area (Å²) in [5.74, 6) is -1.38. The molecule has 0 bridgehead atoms. The number of amides is 1. The first-order valence-electron chi connectivity index (χ1n) is 9.95. The van der Waals surface area contributed by atoms with Crippen molar-refractivity contribution >= 4 is 17.4 Å². The Labute approximate surface area is 179 Å². The molecule has 0 radical (unpaired) electrons. The standard InChI is InChI=1S/C23H23FN2O5/c1-25(2)8-9-26-20(14-4-3-5-16(24)12-14)19(22(28)23(26)29)21(27)15-6-7-17-18(13-15)31-11-10-30-17/h3-7,12-13,20,27H,8-11H2,1-2H3. The van der Waals surface area contributed by atoms with Crippen molar-refractivity contribution in [3.05, 3.63) is 65.0 Å². The minimum absolute atomic E-state index is 0.0777. The largest absolute Gasteiger partial charge is 0.507 e. The highest BCUT2D eigenvalue weighted by Crippen LogP contribution is 2.41. The van der Waals surface area contributed by atoms with Crippen LogP contribution in [0.2, 0.25) is 0 Å². The number of carbonyl (C=O) groups is 2. The van der Waals surface area contributed by atoms with Crippen LogP contribution in [0.1, 0.15) is 17.2 Å². The first kappa shape index (κ1) is 20.9. The van der Waals surface area contributed by atoms with E-state index in [4.69, 9.17) is 9.47 Å². The molecule has 2 aliphatic rings. The number of aliphatic hydroxyl groups excluding tert-OH is 1. The van der Waals surface area contributed by atoms with Crippen LogP contribution in [0.3, 0.4) is 0 Å². The van der Waals surface area contributed by atoms with Crippen molar-refractivity contribution in [1.29, 1.82) is 0 Å². The third kappa shape index (κ3) is 3.98. The first-order chi connectivity index (χ1) is 14.9. The van der Waals surface area contributed by atoms with Gasteiger partial charge in [-0.05, 0) is 50.0 Å². The third-order valence-electron chi connectivity index (χ3n) is 5.31. The quantitative estimate of drug-likeness (QED) is 0.450. The number of halogens is 1. The second-order valence-electron chi connectivity index (χ2n) is 7.71. The molecule has 162 valence electrons. The number of hydrogen-bond acceptors (Lipinski definition) is 6. The Hall–Kier alpha value is -3.39. The maximum atomic E-state index is 14.0. The van der Waals surface area contributed by atoms with Crippen molar-refractivity contribution in [2.24, 2.45) is 0 Å². The Bertz CT molecular complexity index is 1070. The van der Waals surface area contributed by atoms with Gasteiger partial charge in [-0.1, -0.05) is 12.1 Å². The van der Waals surface area contributed by atoms with E-state index in [2.05, 4.69) is 0 Å². The molecule has 7 nitrogen and oxygen atoms in total. The summed E-state index contributed by atoms with van der Waals surface area (Å²) in [6.07, 6.45) is 0. The van der Waals surface area contributed by atoms with Gasteiger partial charge in [-0.3, -0.25) is 9.59 Å². The lowest BCUT2D eigenvalue weighted by Crippen LogP contribution is -2.35. The van der Waals surface area contributed by atoms with E-state index in [9.17, 15) is 19.1 Å². The van der Waals surface area contributed by atoms with E-state index in [1.807, 2.05) is 19.0 Å². The summed E-state index contributed by atoms with van der Waals surface area (Å²) in [7, 11) is 3.70. The third-order valence-corrected chi connectivity index (χ3v) is 5.31. The van der Waals surface area contributed by atoms with Crippen LogP contribution in [0.4, 0.5) is 4.39 Å². The van der Waals surface area contributed by atoms with Crippen LogP contribution in [-0.4, -0.2) is 67.0 Å². The number of aliphatic hydroxyl groups is 1. The number of likely N-dealkylation sites (tertiary alicyclic amines) is 1. The summed E-state index contributed by atoms with van der Waals surface area (Å²) in [4.78, 5) is 29.1. The van der Waals surface area contributed by atoms with E-state index >= 15 is 0 Å². The Kier molecular flexibility index (Phi) is 5.65. The van der Waals surface area contributed by atoms with E-state index in [1.165, 1.54) is 23.1 Å². The summed E-state index contributed by atoms with van der Waals surface area (Å²) in [6.45, 7) is 1.55. The number of ether oxygens (including phenoxy) is 2. The number of carbonyl (C=O) groups excluding carboxylic acids is 2. The van der Waals surface area contributed by atoms with Gasteiger partial charge >= 0.3 is 0 Å². The van der Waals surface area contributed by atoms with Gasteiger partial charge in [0, 0.05) is 18.7 Å². The fourth-order valence-corrected chi connectivity index (χ4v) is 3.79. The van der Waals surface area contributed by atoms with Crippen molar-refractivity contribution in [3.63, 3.8) is 0 Å². The lowest BCUT2D eigenvalue weighted by molar-refractivity contribution is -0.140. The topological polar surface area (TPSA) is 79.3 Å². The molecule has 2 aromatic carbocycles. The molecule has 1 fully saturated rings. The van der Waals surface area contributed by atoms with Gasteiger partial charge in [0.15, 0.2) is 11.5 Å². The zero-order chi connectivity index (χ0) is 22.1. The molecule has 0 aromatic heterocycles. The van der Waals surface area contributed by atoms with Gasteiger partial charge in [-0.25, -0.2) is 4.39 Å². The van der Waals surface area contributed by atoms with Crippen LogP contribution in [-0.2, 0) is 9.59 Å². The Morgan fingerprint density at radius 3 is 2.58 bits per heavy atom. The van der Waals surface area contributed by atoms with Crippen molar-refractivity contribution in [1.82, 2.24) is 9.80 Å². The van der Waals surface area contributed by atoms with E-state index in [0.717, 1.165) is 0 Å². The van der Waals surface area contributed by atoms with Gasteiger partial charge in [-0.15, -0.1) is 0 Å². The number of likely N-dealkylation sites (N-methyl/N-ethyl adjacent to an activating group) is 1. The molecule has 1 atom stereocenters. The Morgan fingerprint density at radius 2 is 1.87 bits per heavy atom. The fourth-order valence-electron chi connectivity index (χ4n) is 3.79. The monoisotopic (exact) mass is 426 g/mol. The van der Waals surface area contributed by atoms with Crippen molar-refractivity contribution in [2.45, 2.75) is 6.04 Å². The maximum absolute atomic E-state index is 14.0. The molecule has 0 saturated carbocycles. The predicted octanol–water partition coefficient (Wildman–Crippen LogP) is 2.58. The number of Topliss-reactive ketones (excluding diaryl/α,β-unsaturated/α-hetero) is 1. The van der Waals surface area contributed by atoms with E-state index < -0.39 is 23.5 Å². The summed E-state index contributed by atoms with van der Waals surface area (Å²) < 4.78 is 25.1. The smallest absolute Gasteiger partial charge is 0.295 e. The number of hydrogen-bond donors (Lipinski definition) is 1. The van der Waals surface area contributed by atoms with Crippen molar-refractivity contribution in [3.8, 4) is 11.5 Å². The van der Waals surface area contributed by atoms with E-state index in [0.29, 0.717) is 42.4 Å². The second kappa shape index (κ2) is 8.39. The number of rotatable bonds is 5. The average Bonchev–Trinajstić information content (AvgIpc) is 3.01. The van der Waals surface area contributed by atoms with E-state index in [1.54, 1.807) is 24.3 Å². The normalized spacial score (nSPS) is 19.9. The van der Waals surface area contributed by atoms with Crippen LogP contribution < -0.4 is 9.47 Å². The molecule has 31 heavy (non-hydrogen) atoms. The molecule has 2 heterocycles. The van der Waals surface area contributed by atoms with Gasteiger partial charge in [0.1, 0.15) is 24.8 Å². The van der Waals surface area contributed by atoms with Crippen LogP contribution in [0, 0.1) is 5.82 Å². The summed E-state index contributed by atoms with van der Waals surface area (Å²) in [5.41, 5.74) is 0.652. The Balaban J connectivity index is 1.83. The van der Waals surface area contributed by atoms with Crippen LogP contribution in [0.15, 0.2) is 48.0 Å². The lowest BCUT2D eigenvalue weighted by atomic mass is 9.95. The molecule has 1 unspecified atom stereocenters. The number of nitrogens with zero attached hydrogens (tertiary/aromatic N) is 2. The molecule has 2 aliphatic heterocycles. The molecule has 2 aromatic rings. The molecular formula is C23H23FN2O5. The zero-order valence-electron chi connectivity index (χ0n) is 17.3. The Morgan fingerprint density at radius 1 is 1.13 bits per heavy atom. The molecule has 1 N–H and O–H groups in total. The zero-order valence-corrected chi connectivity index (χ0v) is 17.3. The highest BCUT2D eigenvalue weighted by atomic mass is 19.1. The van der Waals surface area contributed by atoms with Gasteiger partial charge in [0.25, 0.3) is 11.7 Å². The molecular weight excluding hydrogens is 403 g/mol. The molecule has 1 amide bonds. The maximum Gasteiger partial charge on any atom is 0.295 e. The van der Waals surface area contributed by atoms with Crippen LogP contribution in [0.25, 0.3) is 5.76 Å². The summed E-state index contributed by atoms with van der Waals surface area (Å²) in [5, 5.41) is 11.1. The number of benzene rings is 2. The van der Waals surface area contributed by atoms with Crippen molar-refractivity contribution in [2.75, 3.05) is 40.4 Å². The molecule has 4 rings (SSSR count). The van der Waals surface area contributed by atoms with Crippen LogP contribution >= 0.6 is 0 Å². The fraction of sp³-hybridized carbons (Fsp3) is 0.304. The summed E-state index contributed by atoms with van der Waals surface area (Å²) in [6, 6.07) is 9.62. The molecule has 8 heteroatoms. The SMILES string of the molecule is CN(C)CCN1C(=O)C(=O)C(=C(O)c2ccc3c(c2)OCCO3)C1c1cccc(F)c1. The van der Waals surface area contributed by atoms with Gasteiger partial charge < -0.3 is 24.4 Å². The lowest BCUT2D eigenvalue weighted by Gasteiger charge is -2.26. The molecule has 0 aliphatic carbocycles. The average molecular weight is 426 g/mol. The number of ketones is 1. The first-order valence-corrected chi connectivity index (χ1v) is 9.95.